The average molecular weight is 359 g/mol. The number of hydrogen-bond acceptors (Lipinski definition) is 7. The number of rotatable bonds is 10. The second-order valence-corrected chi connectivity index (χ2v) is 6.69. The van der Waals surface area contributed by atoms with E-state index in [1.165, 1.54) is 31.4 Å². The molecular formula is C14H18FN3O5S. The average Bonchev–Trinajstić information content (AvgIpc) is 3.03. The van der Waals surface area contributed by atoms with E-state index in [0.717, 1.165) is 0 Å². The molecule has 1 N–H and O–H groups in total. The van der Waals surface area contributed by atoms with Gasteiger partial charge in [-0.1, -0.05) is 5.16 Å². The van der Waals surface area contributed by atoms with Gasteiger partial charge in [-0.2, -0.15) is 4.98 Å². The lowest BCUT2D eigenvalue weighted by Gasteiger charge is -2.05. The van der Waals surface area contributed by atoms with E-state index >= 15 is 0 Å². The lowest BCUT2D eigenvalue weighted by atomic mass is 10.2. The van der Waals surface area contributed by atoms with Gasteiger partial charge < -0.3 is 14.0 Å². The molecule has 2 aromatic rings. The molecule has 0 aliphatic heterocycles. The Morgan fingerprint density at radius 3 is 2.67 bits per heavy atom. The highest BCUT2D eigenvalue weighted by molar-refractivity contribution is 7.89. The van der Waals surface area contributed by atoms with Crippen LogP contribution in [0.2, 0.25) is 0 Å². The molecule has 0 spiro atoms. The van der Waals surface area contributed by atoms with Gasteiger partial charge in [0.2, 0.25) is 21.7 Å². The number of nitrogens with one attached hydrogen (secondary N) is 1. The van der Waals surface area contributed by atoms with Crippen LogP contribution in [-0.4, -0.2) is 51.2 Å². The number of benzene rings is 1. The zero-order chi connectivity index (χ0) is 17.4. The SMILES string of the molecule is COCCOCCS(=O)(=O)NCc1nc(-c2ccc(F)cc2)no1. The molecule has 0 bridgehead atoms. The molecule has 0 aliphatic carbocycles. The lowest BCUT2D eigenvalue weighted by molar-refractivity contribution is 0.0784. The fourth-order valence-corrected chi connectivity index (χ4v) is 2.52. The Hall–Kier alpha value is -1.88. The van der Waals surface area contributed by atoms with E-state index < -0.39 is 10.0 Å². The first-order valence-corrected chi connectivity index (χ1v) is 8.78. The van der Waals surface area contributed by atoms with E-state index in [-0.39, 0.29) is 36.4 Å². The van der Waals surface area contributed by atoms with E-state index in [9.17, 15) is 12.8 Å². The van der Waals surface area contributed by atoms with Gasteiger partial charge in [-0.25, -0.2) is 17.5 Å². The van der Waals surface area contributed by atoms with Crippen molar-refractivity contribution < 1.29 is 26.8 Å². The van der Waals surface area contributed by atoms with Crippen LogP contribution in [0, 0.1) is 5.82 Å². The van der Waals surface area contributed by atoms with Crippen molar-refractivity contribution >= 4 is 10.0 Å². The number of sulfonamides is 1. The maximum Gasteiger partial charge on any atom is 0.242 e. The van der Waals surface area contributed by atoms with Gasteiger partial charge in [0, 0.05) is 12.7 Å². The fraction of sp³-hybridized carbons (Fsp3) is 0.429. The molecule has 24 heavy (non-hydrogen) atoms. The van der Waals surface area contributed by atoms with Crippen molar-refractivity contribution in [2.75, 3.05) is 32.7 Å². The monoisotopic (exact) mass is 359 g/mol. The molecule has 0 aliphatic rings. The number of hydrogen-bond donors (Lipinski definition) is 1. The van der Waals surface area contributed by atoms with Crippen molar-refractivity contribution in [3.05, 3.63) is 36.0 Å². The van der Waals surface area contributed by atoms with E-state index in [2.05, 4.69) is 14.9 Å². The van der Waals surface area contributed by atoms with E-state index in [4.69, 9.17) is 14.0 Å². The fourth-order valence-electron chi connectivity index (χ4n) is 1.70. The van der Waals surface area contributed by atoms with Gasteiger partial charge in [-0.3, -0.25) is 0 Å². The van der Waals surface area contributed by atoms with Gasteiger partial charge in [0.1, 0.15) is 5.82 Å². The Kier molecular flexibility index (Phi) is 6.79. The largest absolute Gasteiger partial charge is 0.382 e. The molecule has 0 atom stereocenters. The highest BCUT2D eigenvalue weighted by Gasteiger charge is 2.14. The van der Waals surface area contributed by atoms with Gasteiger partial charge in [0.25, 0.3) is 0 Å². The summed E-state index contributed by atoms with van der Waals surface area (Å²) in [4.78, 5) is 4.06. The number of halogens is 1. The summed E-state index contributed by atoms with van der Waals surface area (Å²) in [5, 5.41) is 3.73. The van der Waals surface area contributed by atoms with Crippen LogP contribution in [0.15, 0.2) is 28.8 Å². The van der Waals surface area contributed by atoms with Gasteiger partial charge >= 0.3 is 0 Å². The summed E-state index contributed by atoms with van der Waals surface area (Å²) in [7, 11) is -1.99. The summed E-state index contributed by atoms with van der Waals surface area (Å²) in [5.74, 6) is -0.191. The quantitative estimate of drug-likeness (QED) is 0.630. The van der Waals surface area contributed by atoms with Crippen molar-refractivity contribution in [1.82, 2.24) is 14.9 Å². The Balaban J connectivity index is 1.82. The van der Waals surface area contributed by atoms with Gasteiger partial charge in [-0.15, -0.1) is 0 Å². The zero-order valence-electron chi connectivity index (χ0n) is 13.1. The minimum atomic E-state index is -3.52. The zero-order valence-corrected chi connectivity index (χ0v) is 13.9. The molecule has 0 saturated carbocycles. The molecule has 0 radical (unpaired) electrons. The van der Waals surface area contributed by atoms with Crippen molar-refractivity contribution in [3.63, 3.8) is 0 Å². The van der Waals surface area contributed by atoms with Crippen molar-refractivity contribution in [1.29, 1.82) is 0 Å². The highest BCUT2D eigenvalue weighted by Crippen LogP contribution is 2.16. The molecule has 2 rings (SSSR count). The molecule has 8 nitrogen and oxygen atoms in total. The van der Waals surface area contributed by atoms with Gasteiger partial charge in [0.05, 0.1) is 32.1 Å². The molecule has 1 aromatic heterocycles. The molecule has 1 aromatic carbocycles. The van der Waals surface area contributed by atoms with Crippen LogP contribution < -0.4 is 4.72 Å². The van der Waals surface area contributed by atoms with Crippen LogP contribution in [0.5, 0.6) is 0 Å². The first-order chi connectivity index (χ1) is 11.5. The van der Waals surface area contributed by atoms with Crippen LogP contribution in [0.1, 0.15) is 5.89 Å². The molecule has 10 heteroatoms. The smallest absolute Gasteiger partial charge is 0.242 e. The Bertz CT molecular complexity index is 733. The maximum atomic E-state index is 12.9. The predicted molar refractivity (Wildman–Crippen MR) is 83.0 cm³/mol. The third-order valence-electron chi connectivity index (χ3n) is 2.94. The maximum absolute atomic E-state index is 12.9. The Morgan fingerprint density at radius 1 is 1.21 bits per heavy atom. The topological polar surface area (TPSA) is 104 Å². The van der Waals surface area contributed by atoms with Crippen LogP contribution in [0.4, 0.5) is 4.39 Å². The van der Waals surface area contributed by atoms with Crippen LogP contribution in [0.25, 0.3) is 11.4 Å². The molecular weight excluding hydrogens is 341 g/mol. The van der Waals surface area contributed by atoms with Crippen molar-refractivity contribution in [3.8, 4) is 11.4 Å². The minimum Gasteiger partial charge on any atom is -0.382 e. The number of methoxy groups -OCH3 is 1. The normalized spacial score (nSPS) is 11.8. The van der Waals surface area contributed by atoms with Crippen LogP contribution in [0.3, 0.4) is 0 Å². The van der Waals surface area contributed by atoms with E-state index in [1.54, 1.807) is 0 Å². The molecule has 132 valence electrons. The number of nitrogens with zero attached hydrogens (tertiary/aromatic N) is 2. The molecule has 0 fully saturated rings. The first kappa shape index (κ1) is 18.5. The van der Waals surface area contributed by atoms with E-state index in [0.29, 0.717) is 18.8 Å². The standard InChI is InChI=1S/C14H18FN3O5S/c1-21-6-7-22-8-9-24(19,20)16-10-13-17-14(18-23-13)11-2-4-12(15)5-3-11/h2-5,16H,6-10H2,1H3. The summed E-state index contributed by atoms with van der Waals surface area (Å²) in [6, 6.07) is 5.56. The molecule has 1 heterocycles. The first-order valence-electron chi connectivity index (χ1n) is 7.13. The Labute approximate surface area is 139 Å². The summed E-state index contributed by atoms with van der Waals surface area (Å²) >= 11 is 0. The van der Waals surface area contributed by atoms with Gasteiger partial charge in [0.15, 0.2) is 0 Å². The van der Waals surface area contributed by atoms with Crippen molar-refractivity contribution in [2.24, 2.45) is 0 Å². The van der Waals surface area contributed by atoms with Gasteiger partial charge in [-0.05, 0) is 24.3 Å². The Morgan fingerprint density at radius 2 is 1.96 bits per heavy atom. The summed E-state index contributed by atoms with van der Waals surface area (Å²) in [6.07, 6.45) is 0. The summed E-state index contributed by atoms with van der Waals surface area (Å²) in [5.41, 5.74) is 0.570. The second-order valence-electron chi connectivity index (χ2n) is 4.76. The van der Waals surface area contributed by atoms with Crippen LogP contribution in [-0.2, 0) is 26.0 Å². The molecule has 0 unspecified atom stereocenters. The van der Waals surface area contributed by atoms with Crippen molar-refractivity contribution in [2.45, 2.75) is 6.54 Å². The predicted octanol–water partition coefficient (Wildman–Crippen LogP) is 0.958. The minimum absolute atomic E-state index is 0.0589. The third-order valence-corrected chi connectivity index (χ3v) is 4.23. The van der Waals surface area contributed by atoms with Crippen LogP contribution >= 0.6 is 0 Å². The summed E-state index contributed by atoms with van der Waals surface area (Å²) in [6.45, 7) is 0.663. The highest BCUT2D eigenvalue weighted by atomic mass is 32.2. The lowest BCUT2D eigenvalue weighted by Crippen LogP contribution is -2.28. The number of ether oxygens (including phenoxy) is 2. The molecule has 0 saturated heterocycles. The van der Waals surface area contributed by atoms with E-state index in [1.807, 2.05) is 0 Å². The summed E-state index contributed by atoms with van der Waals surface area (Å²) < 4.78 is 53.7. The number of aromatic nitrogens is 2. The molecule has 0 amide bonds. The second kappa shape index (κ2) is 8.83. The third kappa shape index (κ3) is 5.96.